The van der Waals surface area contributed by atoms with Crippen LogP contribution in [0.5, 0.6) is 0 Å². The van der Waals surface area contributed by atoms with Crippen molar-refractivity contribution in [1.82, 2.24) is 20.2 Å². The molecule has 0 fully saturated rings. The predicted octanol–water partition coefficient (Wildman–Crippen LogP) is 0.479. The van der Waals surface area contributed by atoms with Gasteiger partial charge < -0.3 is 9.97 Å². The van der Waals surface area contributed by atoms with Crippen LogP contribution in [0.3, 0.4) is 0 Å². The van der Waals surface area contributed by atoms with Crippen molar-refractivity contribution in [2.24, 2.45) is 0 Å². The first-order valence-corrected chi connectivity index (χ1v) is 8.03. The first-order chi connectivity index (χ1) is 11.0. The second-order valence-electron chi connectivity index (χ2n) is 4.71. The summed E-state index contributed by atoms with van der Waals surface area (Å²) in [4.78, 5) is 29.9. The van der Waals surface area contributed by atoms with E-state index >= 15 is 0 Å². The lowest BCUT2D eigenvalue weighted by Crippen LogP contribution is -2.41. The van der Waals surface area contributed by atoms with Crippen LogP contribution in [0.2, 0.25) is 0 Å². The second kappa shape index (κ2) is 5.71. The lowest BCUT2D eigenvalue weighted by atomic mass is 10.2. The van der Waals surface area contributed by atoms with Crippen LogP contribution >= 0.6 is 0 Å². The van der Waals surface area contributed by atoms with Gasteiger partial charge in [0, 0.05) is 5.56 Å². The standard InChI is InChI=1S/C14H12N4O4S/c19-13(9-4-2-1-3-5-9)17-18-23(21,22)10-6-7-11-12(8-10)16-14(20)15-11/h1-8,18H,(H,17,19)(H2,15,16,20). The minimum atomic E-state index is -3.96. The van der Waals surface area contributed by atoms with Crippen LogP contribution in [0.25, 0.3) is 11.0 Å². The number of aromatic amines is 2. The number of carbonyl (C=O) groups excluding carboxylic acids is 1. The molecule has 1 amide bonds. The molecule has 3 rings (SSSR count). The van der Waals surface area contributed by atoms with Crippen molar-refractivity contribution in [2.75, 3.05) is 0 Å². The van der Waals surface area contributed by atoms with Crippen LogP contribution in [0, 0.1) is 0 Å². The fourth-order valence-corrected chi connectivity index (χ4v) is 2.88. The summed E-state index contributed by atoms with van der Waals surface area (Å²) in [6, 6.07) is 12.3. The fraction of sp³-hybridized carbons (Fsp3) is 0. The second-order valence-corrected chi connectivity index (χ2v) is 6.39. The first kappa shape index (κ1) is 15.0. The van der Waals surface area contributed by atoms with E-state index in [9.17, 15) is 18.0 Å². The third kappa shape index (κ3) is 3.15. The number of nitrogens with one attached hydrogen (secondary N) is 4. The number of hydrazine groups is 1. The summed E-state index contributed by atoms with van der Waals surface area (Å²) in [5.74, 6) is -0.578. The zero-order valence-corrected chi connectivity index (χ0v) is 12.5. The monoisotopic (exact) mass is 332 g/mol. The average molecular weight is 332 g/mol. The molecule has 23 heavy (non-hydrogen) atoms. The number of hydrogen-bond acceptors (Lipinski definition) is 4. The van der Waals surface area contributed by atoms with Crippen molar-refractivity contribution >= 4 is 27.0 Å². The van der Waals surface area contributed by atoms with Gasteiger partial charge in [0.05, 0.1) is 15.9 Å². The zero-order valence-electron chi connectivity index (χ0n) is 11.7. The van der Waals surface area contributed by atoms with E-state index < -0.39 is 21.6 Å². The minimum absolute atomic E-state index is 0.0892. The third-order valence-corrected chi connectivity index (χ3v) is 4.38. The third-order valence-electron chi connectivity index (χ3n) is 3.13. The molecule has 0 aliphatic carbocycles. The Hall–Kier alpha value is -2.91. The average Bonchev–Trinajstić information content (AvgIpc) is 2.92. The normalized spacial score (nSPS) is 11.5. The molecule has 0 aliphatic rings. The highest BCUT2D eigenvalue weighted by Crippen LogP contribution is 2.14. The van der Waals surface area contributed by atoms with E-state index in [2.05, 4.69) is 15.4 Å². The van der Waals surface area contributed by atoms with Crippen LogP contribution in [0.4, 0.5) is 0 Å². The number of amides is 1. The largest absolute Gasteiger partial charge is 0.323 e. The van der Waals surface area contributed by atoms with E-state index in [1.54, 1.807) is 30.3 Å². The van der Waals surface area contributed by atoms with E-state index in [0.717, 1.165) is 0 Å². The molecule has 0 aliphatic heterocycles. The molecular weight excluding hydrogens is 320 g/mol. The summed E-state index contributed by atoms with van der Waals surface area (Å²) in [6.07, 6.45) is 0. The quantitative estimate of drug-likeness (QED) is 0.519. The summed E-state index contributed by atoms with van der Waals surface area (Å²) < 4.78 is 24.4. The Bertz CT molecular complexity index is 1020. The van der Waals surface area contributed by atoms with Crippen molar-refractivity contribution in [3.05, 3.63) is 64.6 Å². The number of hydrogen-bond donors (Lipinski definition) is 4. The van der Waals surface area contributed by atoms with Crippen molar-refractivity contribution in [3.63, 3.8) is 0 Å². The number of carbonyl (C=O) groups is 1. The molecular formula is C14H12N4O4S. The highest BCUT2D eigenvalue weighted by molar-refractivity contribution is 7.89. The molecule has 0 atom stereocenters. The Balaban J connectivity index is 1.80. The molecule has 1 aromatic heterocycles. The summed E-state index contributed by atoms with van der Waals surface area (Å²) >= 11 is 0. The van der Waals surface area contributed by atoms with E-state index in [-0.39, 0.29) is 4.90 Å². The molecule has 4 N–H and O–H groups in total. The van der Waals surface area contributed by atoms with Crippen molar-refractivity contribution in [2.45, 2.75) is 4.90 Å². The van der Waals surface area contributed by atoms with E-state index in [0.29, 0.717) is 16.6 Å². The van der Waals surface area contributed by atoms with Crippen LogP contribution in [-0.4, -0.2) is 24.3 Å². The molecule has 0 radical (unpaired) electrons. The summed E-state index contributed by atoms with van der Waals surface area (Å²) in [7, 11) is -3.96. The van der Waals surface area contributed by atoms with Gasteiger partial charge in [0.25, 0.3) is 15.9 Å². The van der Waals surface area contributed by atoms with Gasteiger partial charge in [-0.15, -0.1) is 4.83 Å². The highest BCUT2D eigenvalue weighted by atomic mass is 32.2. The molecule has 0 bridgehead atoms. The molecule has 0 saturated carbocycles. The summed E-state index contributed by atoms with van der Waals surface area (Å²) in [5, 5.41) is 0. The number of sulfonamides is 1. The summed E-state index contributed by atoms with van der Waals surface area (Å²) in [6.45, 7) is 0. The Morgan fingerprint density at radius 1 is 0.957 bits per heavy atom. The minimum Gasteiger partial charge on any atom is -0.306 e. The molecule has 0 spiro atoms. The molecule has 0 saturated heterocycles. The van der Waals surface area contributed by atoms with Crippen molar-refractivity contribution in [1.29, 1.82) is 0 Å². The smallest absolute Gasteiger partial charge is 0.306 e. The number of aromatic nitrogens is 2. The van der Waals surface area contributed by atoms with E-state index in [1.807, 2.05) is 4.83 Å². The Morgan fingerprint density at radius 2 is 1.65 bits per heavy atom. The number of H-pyrrole nitrogens is 2. The fourth-order valence-electron chi connectivity index (χ4n) is 2.01. The number of rotatable bonds is 4. The Labute approximate surface area is 130 Å². The summed E-state index contributed by atoms with van der Waals surface area (Å²) in [5.41, 5.74) is 2.87. The number of fused-ring (bicyclic) bond motifs is 1. The van der Waals surface area contributed by atoms with Gasteiger partial charge in [-0.1, -0.05) is 18.2 Å². The zero-order chi connectivity index (χ0) is 16.4. The Morgan fingerprint density at radius 3 is 2.39 bits per heavy atom. The van der Waals surface area contributed by atoms with Gasteiger partial charge in [-0.2, -0.15) is 0 Å². The lowest BCUT2D eigenvalue weighted by Gasteiger charge is -2.08. The van der Waals surface area contributed by atoms with Gasteiger partial charge in [0.15, 0.2) is 0 Å². The van der Waals surface area contributed by atoms with E-state index in [4.69, 9.17) is 0 Å². The molecule has 0 unspecified atom stereocenters. The van der Waals surface area contributed by atoms with Gasteiger partial charge in [-0.25, -0.2) is 13.2 Å². The maximum atomic E-state index is 12.2. The lowest BCUT2D eigenvalue weighted by molar-refractivity contribution is 0.0945. The molecule has 9 heteroatoms. The van der Waals surface area contributed by atoms with Crippen molar-refractivity contribution < 1.29 is 13.2 Å². The molecule has 1 heterocycles. The SMILES string of the molecule is O=C(NNS(=O)(=O)c1ccc2[nH]c(=O)[nH]c2c1)c1ccccc1. The molecule has 2 aromatic carbocycles. The van der Waals surface area contributed by atoms with Crippen molar-refractivity contribution in [3.8, 4) is 0 Å². The topological polar surface area (TPSA) is 124 Å². The highest BCUT2D eigenvalue weighted by Gasteiger charge is 2.16. The predicted molar refractivity (Wildman–Crippen MR) is 83.1 cm³/mol. The molecule has 8 nitrogen and oxygen atoms in total. The van der Waals surface area contributed by atoms with Gasteiger partial charge in [0.2, 0.25) is 0 Å². The maximum absolute atomic E-state index is 12.2. The number of benzene rings is 2. The van der Waals surface area contributed by atoms with Crippen LogP contribution in [0.1, 0.15) is 10.4 Å². The van der Waals surface area contributed by atoms with Gasteiger partial charge in [0.1, 0.15) is 0 Å². The van der Waals surface area contributed by atoms with E-state index in [1.165, 1.54) is 18.2 Å². The Kier molecular flexibility index (Phi) is 3.72. The molecule has 118 valence electrons. The van der Waals surface area contributed by atoms with Crippen LogP contribution < -0.4 is 15.9 Å². The van der Waals surface area contributed by atoms with Gasteiger partial charge in [-0.3, -0.25) is 10.2 Å². The van der Waals surface area contributed by atoms with Gasteiger partial charge in [-0.05, 0) is 30.3 Å². The van der Waals surface area contributed by atoms with Crippen LogP contribution in [0.15, 0.2) is 58.2 Å². The van der Waals surface area contributed by atoms with Crippen LogP contribution in [-0.2, 0) is 10.0 Å². The maximum Gasteiger partial charge on any atom is 0.323 e. The molecule has 3 aromatic rings. The van der Waals surface area contributed by atoms with Gasteiger partial charge >= 0.3 is 5.69 Å². The number of imidazole rings is 1. The first-order valence-electron chi connectivity index (χ1n) is 6.55.